The molecule has 0 bridgehead atoms. The molecule has 0 fully saturated rings. The molecule has 0 amide bonds. The minimum Gasteiger partial charge on any atom is -0.356 e. The first-order valence-corrected chi connectivity index (χ1v) is 11.9. The summed E-state index contributed by atoms with van der Waals surface area (Å²) in [5.74, 6) is 0.178. The van der Waals surface area contributed by atoms with Gasteiger partial charge in [0.25, 0.3) is 5.82 Å². The molecule has 3 aromatic heterocycles. The second-order valence-corrected chi connectivity index (χ2v) is 8.93. The zero-order valence-electron chi connectivity index (χ0n) is 18.0. The minimum atomic E-state index is -4.63. The molecule has 0 saturated carbocycles. The van der Waals surface area contributed by atoms with Crippen LogP contribution in [-0.2, 0) is 35.1 Å². The maximum atomic E-state index is 13.2. The van der Waals surface area contributed by atoms with E-state index in [-0.39, 0.29) is 5.82 Å². The van der Waals surface area contributed by atoms with E-state index < -0.39 is 20.5 Å². The van der Waals surface area contributed by atoms with Gasteiger partial charge in [0.05, 0.1) is 11.9 Å². The van der Waals surface area contributed by atoms with Gasteiger partial charge in [-0.1, -0.05) is 29.4 Å². The van der Waals surface area contributed by atoms with Gasteiger partial charge in [0.15, 0.2) is 5.76 Å². The SMILES string of the molecule is Nc1c(-c2cc(Cc3ccc(CCc4ccnc(F)c4)cc3)no2)ccc[n+]1COP(=O)(O)O. The third kappa shape index (κ3) is 6.33. The topological polar surface area (TPSA) is 136 Å². The number of nitrogen functional groups attached to an aromatic ring is 1. The van der Waals surface area contributed by atoms with E-state index in [0.717, 1.165) is 29.5 Å². The summed E-state index contributed by atoms with van der Waals surface area (Å²) in [7, 11) is -4.63. The smallest absolute Gasteiger partial charge is 0.356 e. The van der Waals surface area contributed by atoms with Gasteiger partial charge in [-0.25, -0.2) is 18.6 Å². The highest BCUT2D eigenvalue weighted by atomic mass is 31.2. The van der Waals surface area contributed by atoms with Crippen molar-refractivity contribution in [3.05, 3.63) is 95.3 Å². The summed E-state index contributed by atoms with van der Waals surface area (Å²) in [6.07, 6.45) is 5.07. The molecule has 176 valence electrons. The first-order chi connectivity index (χ1) is 16.3. The number of nitrogens with zero attached hydrogens (tertiary/aromatic N) is 3. The number of aryl methyl sites for hydroxylation is 2. The minimum absolute atomic E-state index is 0.220. The summed E-state index contributed by atoms with van der Waals surface area (Å²) in [5, 5.41) is 4.11. The molecule has 0 saturated heterocycles. The number of benzene rings is 1. The number of anilines is 1. The molecule has 9 nitrogen and oxygen atoms in total. The Morgan fingerprint density at radius 2 is 1.79 bits per heavy atom. The van der Waals surface area contributed by atoms with E-state index >= 15 is 0 Å². The number of pyridine rings is 2. The number of hydrogen-bond acceptors (Lipinski definition) is 6. The molecule has 0 aliphatic rings. The van der Waals surface area contributed by atoms with Crippen molar-refractivity contribution in [2.24, 2.45) is 0 Å². The zero-order valence-corrected chi connectivity index (χ0v) is 18.9. The van der Waals surface area contributed by atoms with Gasteiger partial charge >= 0.3 is 7.82 Å². The van der Waals surface area contributed by atoms with E-state index in [1.54, 1.807) is 24.4 Å². The lowest BCUT2D eigenvalue weighted by Crippen LogP contribution is -2.38. The monoisotopic (exact) mass is 485 g/mol. The predicted molar refractivity (Wildman–Crippen MR) is 121 cm³/mol. The van der Waals surface area contributed by atoms with Crippen LogP contribution < -0.4 is 10.3 Å². The molecule has 1 aromatic carbocycles. The Bertz CT molecular complexity index is 1320. The number of rotatable bonds is 9. The predicted octanol–water partition coefficient (Wildman–Crippen LogP) is 3.19. The summed E-state index contributed by atoms with van der Waals surface area (Å²) in [6.45, 7) is -0.409. The first kappa shape index (κ1) is 23.7. The number of aromatic nitrogens is 3. The highest BCUT2D eigenvalue weighted by Crippen LogP contribution is 2.35. The van der Waals surface area contributed by atoms with Gasteiger partial charge in [0.2, 0.25) is 12.7 Å². The lowest BCUT2D eigenvalue weighted by molar-refractivity contribution is -0.711. The van der Waals surface area contributed by atoms with Crippen LogP contribution in [0.4, 0.5) is 10.2 Å². The second-order valence-electron chi connectivity index (χ2n) is 7.69. The standard InChI is InChI=1S/C23H22FN4O5P/c24-22-13-18(9-10-26-22)8-5-16-3-6-17(7-4-16)12-19-14-21(33-27-19)20-2-1-11-28(23(20)25)15-32-34(29,30)31/h1-4,6-7,9-11,13-14,25H,5,8,12,15H2,(H2,29,30,31)/p+1. The third-order valence-electron chi connectivity index (χ3n) is 5.21. The van der Waals surface area contributed by atoms with E-state index in [1.807, 2.05) is 30.3 Å². The van der Waals surface area contributed by atoms with Crippen LogP contribution in [0, 0.1) is 5.95 Å². The Morgan fingerprint density at radius 1 is 1.06 bits per heavy atom. The van der Waals surface area contributed by atoms with Gasteiger partial charge in [-0.3, -0.25) is 5.73 Å². The molecule has 34 heavy (non-hydrogen) atoms. The highest BCUT2D eigenvalue weighted by Gasteiger charge is 2.20. The van der Waals surface area contributed by atoms with Crippen LogP contribution in [0.25, 0.3) is 11.3 Å². The molecule has 11 heteroatoms. The average molecular weight is 485 g/mol. The molecule has 3 heterocycles. The van der Waals surface area contributed by atoms with E-state index in [0.29, 0.717) is 23.4 Å². The molecule has 0 aliphatic heterocycles. The number of phosphoric ester groups is 1. The fourth-order valence-electron chi connectivity index (χ4n) is 3.46. The molecular formula is C23H23FN4O5P+. The van der Waals surface area contributed by atoms with Crippen molar-refractivity contribution in [2.45, 2.75) is 26.0 Å². The normalized spacial score (nSPS) is 11.6. The van der Waals surface area contributed by atoms with E-state index in [1.165, 1.54) is 16.8 Å². The van der Waals surface area contributed by atoms with Crippen molar-refractivity contribution < 1.29 is 32.4 Å². The lowest BCUT2D eigenvalue weighted by atomic mass is 10.0. The van der Waals surface area contributed by atoms with Gasteiger partial charge in [-0.05, 0) is 53.8 Å². The Kier molecular flexibility index (Phi) is 7.14. The molecule has 4 rings (SSSR count). The van der Waals surface area contributed by atoms with Crippen LogP contribution in [0.15, 0.2) is 71.5 Å². The van der Waals surface area contributed by atoms with E-state index in [9.17, 15) is 8.96 Å². The van der Waals surface area contributed by atoms with Crippen LogP contribution in [0.3, 0.4) is 0 Å². The van der Waals surface area contributed by atoms with Crippen molar-refractivity contribution in [3.8, 4) is 11.3 Å². The zero-order chi connectivity index (χ0) is 24.1. The van der Waals surface area contributed by atoms with Gasteiger partial charge in [-0.15, -0.1) is 0 Å². The lowest BCUT2D eigenvalue weighted by Gasteiger charge is -2.07. The first-order valence-electron chi connectivity index (χ1n) is 10.4. The van der Waals surface area contributed by atoms with Crippen LogP contribution in [-0.4, -0.2) is 19.9 Å². The number of halogens is 1. The summed E-state index contributed by atoms with van der Waals surface area (Å²) < 4.78 is 35.5. The quantitative estimate of drug-likeness (QED) is 0.187. The highest BCUT2D eigenvalue weighted by molar-refractivity contribution is 7.46. The van der Waals surface area contributed by atoms with Crippen LogP contribution in [0.5, 0.6) is 0 Å². The Hall–Kier alpha value is -3.43. The fraction of sp³-hybridized carbons (Fsp3) is 0.174. The van der Waals surface area contributed by atoms with Gasteiger partial charge < -0.3 is 14.3 Å². The molecule has 0 aliphatic carbocycles. The number of hydrogen-bond donors (Lipinski definition) is 3. The second kappa shape index (κ2) is 10.2. The van der Waals surface area contributed by atoms with Gasteiger partial charge in [-0.2, -0.15) is 4.39 Å². The Morgan fingerprint density at radius 3 is 2.53 bits per heavy atom. The Balaban J connectivity index is 1.40. The van der Waals surface area contributed by atoms with E-state index in [2.05, 4.69) is 14.7 Å². The Labute approximate surface area is 194 Å². The average Bonchev–Trinajstić information content (AvgIpc) is 3.25. The molecule has 0 atom stereocenters. The van der Waals surface area contributed by atoms with Crippen molar-refractivity contribution in [1.29, 1.82) is 0 Å². The number of nitrogens with two attached hydrogens (primary N) is 1. The summed E-state index contributed by atoms with van der Waals surface area (Å²) in [4.78, 5) is 21.4. The van der Waals surface area contributed by atoms with Gasteiger partial charge in [0.1, 0.15) is 5.56 Å². The fourth-order valence-corrected chi connectivity index (χ4v) is 3.74. The molecule has 0 radical (unpaired) electrons. The largest absolute Gasteiger partial charge is 0.472 e. The van der Waals surface area contributed by atoms with Crippen LogP contribution >= 0.6 is 7.82 Å². The maximum Gasteiger partial charge on any atom is 0.472 e. The van der Waals surface area contributed by atoms with Crippen LogP contribution in [0.1, 0.15) is 22.4 Å². The van der Waals surface area contributed by atoms with Crippen LogP contribution in [0.2, 0.25) is 0 Å². The maximum absolute atomic E-state index is 13.2. The number of phosphoric acid groups is 1. The van der Waals surface area contributed by atoms with Gasteiger partial charge in [0, 0.05) is 18.7 Å². The molecule has 0 spiro atoms. The summed E-state index contributed by atoms with van der Waals surface area (Å²) >= 11 is 0. The van der Waals surface area contributed by atoms with Crippen molar-refractivity contribution in [1.82, 2.24) is 10.1 Å². The molecule has 4 N–H and O–H groups in total. The van der Waals surface area contributed by atoms with E-state index in [4.69, 9.17) is 20.0 Å². The third-order valence-corrected chi connectivity index (χ3v) is 5.66. The van der Waals surface area contributed by atoms with Crippen molar-refractivity contribution in [3.63, 3.8) is 0 Å². The molecule has 4 aromatic rings. The van der Waals surface area contributed by atoms with Crippen molar-refractivity contribution >= 4 is 13.6 Å². The summed E-state index contributed by atoms with van der Waals surface area (Å²) in [5.41, 5.74) is 10.4. The molecular weight excluding hydrogens is 462 g/mol. The molecule has 0 unspecified atom stereocenters. The van der Waals surface area contributed by atoms with Crippen molar-refractivity contribution in [2.75, 3.05) is 5.73 Å². The summed E-state index contributed by atoms with van der Waals surface area (Å²) in [6, 6.07) is 16.5.